The molecule has 1 aromatic carbocycles. The molecule has 1 atom stereocenters. The first kappa shape index (κ1) is 21.0. The number of ether oxygens (including phenoxy) is 1. The summed E-state index contributed by atoms with van der Waals surface area (Å²) in [6.07, 6.45) is -10.2. The van der Waals surface area contributed by atoms with E-state index in [-0.39, 0.29) is 10.7 Å². The van der Waals surface area contributed by atoms with Crippen LogP contribution < -0.4 is 0 Å². The monoisotopic (exact) mass is 436 g/mol. The van der Waals surface area contributed by atoms with Crippen LogP contribution in [-0.2, 0) is 17.1 Å². The number of pyridine rings is 1. The lowest BCUT2D eigenvalue weighted by molar-refractivity contribution is -0.141. The van der Waals surface area contributed by atoms with Gasteiger partial charge in [-0.15, -0.1) is 0 Å². The van der Waals surface area contributed by atoms with Crippen LogP contribution in [0.3, 0.4) is 0 Å². The zero-order valence-electron chi connectivity index (χ0n) is 14.5. The van der Waals surface area contributed by atoms with Crippen LogP contribution >= 0.6 is 11.6 Å². The molecule has 0 amide bonds. The van der Waals surface area contributed by atoms with Crippen LogP contribution in [0.4, 0.5) is 26.3 Å². The highest BCUT2D eigenvalue weighted by molar-refractivity contribution is 6.30. The Labute approximate surface area is 164 Å². The number of carbonyl (C=O) groups is 1. The Hall–Kier alpha value is -2.75. The number of carbonyl (C=O) groups excluding carboxylic acids is 1. The maximum Gasteiger partial charge on any atom is 0.435 e. The van der Waals surface area contributed by atoms with Crippen molar-refractivity contribution in [2.24, 2.45) is 0 Å². The summed E-state index contributed by atoms with van der Waals surface area (Å²) in [5.74, 6) is -1.49. The molecule has 0 aliphatic carbocycles. The van der Waals surface area contributed by atoms with E-state index in [0.29, 0.717) is 0 Å². The van der Waals surface area contributed by atoms with Gasteiger partial charge >= 0.3 is 18.3 Å². The van der Waals surface area contributed by atoms with Gasteiger partial charge in [-0.1, -0.05) is 29.8 Å². The summed E-state index contributed by atoms with van der Waals surface area (Å²) in [6, 6.07) is 6.75. The number of hydrogen-bond donors (Lipinski definition) is 0. The molecule has 2 heterocycles. The van der Waals surface area contributed by atoms with Gasteiger partial charge in [-0.2, -0.15) is 26.3 Å². The minimum absolute atomic E-state index is 0.0214. The lowest BCUT2D eigenvalue weighted by Gasteiger charge is -2.19. The van der Waals surface area contributed by atoms with Gasteiger partial charge in [-0.3, -0.25) is 4.40 Å². The van der Waals surface area contributed by atoms with Crippen molar-refractivity contribution in [2.45, 2.75) is 25.4 Å². The zero-order valence-corrected chi connectivity index (χ0v) is 15.2. The number of halogens is 7. The molecule has 0 aliphatic heterocycles. The predicted molar refractivity (Wildman–Crippen MR) is 90.5 cm³/mol. The number of imidazole rings is 1. The smallest absolute Gasteiger partial charge is 0.435 e. The molecule has 3 aromatic rings. The van der Waals surface area contributed by atoms with Gasteiger partial charge in [0.25, 0.3) is 0 Å². The van der Waals surface area contributed by atoms with Crippen molar-refractivity contribution in [1.82, 2.24) is 9.38 Å². The van der Waals surface area contributed by atoms with E-state index in [2.05, 4.69) is 4.98 Å². The first-order valence-electron chi connectivity index (χ1n) is 8.01. The van der Waals surface area contributed by atoms with Gasteiger partial charge in [-0.25, -0.2) is 9.78 Å². The maximum absolute atomic E-state index is 13.4. The van der Waals surface area contributed by atoms with Crippen molar-refractivity contribution in [1.29, 1.82) is 0 Å². The van der Waals surface area contributed by atoms with Crippen LogP contribution in [0.5, 0.6) is 0 Å². The first-order chi connectivity index (χ1) is 13.4. The second-order valence-electron chi connectivity index (χ2n) is 6.01. The predicted octanol–water partition coefficient (Wildman–Crippen LogP) is 5.94. The largest absolute Gasteiger partial charge is 0.453 e. The van der Waals surface area contributed by atoms with Gasteiger partial charge in [-0.05, 0) is 25.1 Å². The van der Waals surface area contributed by atoms with Crippen molar-refractivity contribution < 1.29 is 35.9 Å². The highest BCUT2D eigenvalue weighted by atomic mass is 35.5. The molecule has 3 rings (SSSR count). The van der Waals surface area contributed by atoms with Gasteiger partial charge < -0.3 is 4.74 Å². The Morgan fingerprint density at radius 2 is 1.72 bits per heavy atom. The highest BCUT2D eigenvalue weighted by Gasteiger charge is 2.41. The molecule has 0 saturated carbocycles. The topological polar surface area (TPSA) is 43.6 Å². The van der Waals surface area contributed by atoms with Crippen LogP contribution in [0.25, 0.3) is 5.65 Å². The average molecular weight is 437 g/mol. The SMILES string of the molecule is CC(OC(=O)c1c(C(F)(F)F)nc2ccc(Cl)cn12)c1ccccc1C(F)(F)F. The molecule has 1 unspecified atom stereocenters. The second kappa shape index (κ2) is 7.25. The molecule has 11 heteroatoms. The van der Waals surface area contributed by atoms with E-state index < -0.39 is 46.9 Å². The Balaban J connectivity index is 2.04. The molecule has 4 nitrogen and oxygen atoms in total. The summed E-state index contributed by atoms with van der Waals surface area (Å²) in [7, 11) is 0. The molecule has 0 fully saturated rings. The van der Waals surface area contributed by atoms with Crippen LogP contribution in [-0.4, -0.2) is 15.4 Å². The highest BCUT2D eigenvalue weighted by Crippen LogP contribution is 2.37. The minimum atomic E-state index is -5.00. The molecule has 154 valence electrons. The summed E-state index contributed by atoms with van der Waals surface area (Å²) >= 11 is 5.78. The number of rotatable bonds is 3. The number of alkyl halides is 6. The van der Waals surface area contributed by atoms with Crippen molar-refractivity contribution >= 4 is 23.2 Å². The molecule has 0 radical (unpaired) electrons. The van der Waals surface area contributed by atoms with Crippen molar-refractivity contribution in [3.63, 3.8) is 0 Å². The number of esters is 1. The molecule has 0 spiro atoms. The fraction of sp³-hybridized carbons (Fsp3) is 0.222. The van der Waals surface area contributed by atoms with E-state index in [9.17, 15) is 31.1 Å². The van der Waals surface area contributed by atoms with Crippen LogP contribution in [0.1, 0.15) is 40.3 Å². The molecular formula is C18H11ClF6N2O2. The van der Waals surface area contributed by atoms with Crippen LogP contribution in [0.2, 0.25) is 5.02 Å². The Morgan fingerprint density at radius 3 is 2.34 bits per heavy atom. The van der Waals surface area contributed by atoms with Gasteiger partial charge in [0.15, 0.2) is 11.4 Å². The average Bonchev–Trinajstić information content (AvgIpc) is 3.00. The quantitative estimate of drug-likeness (QED) is 0.377. The lowest BCUT2D eigenvalue weighted by Crippen LogP contribution is -2.19. The third-order valence-electron chi connectivity index (χ3n) is 4.03. The van der Waals surface area contributed by atoms with Crippen LogP contribution in [0.15, 0.2) is 42.6 Å². The number of benzene rings is 1. The van der Waals surface area contributed by atoms with E-state index in [1.165, 1.54) is 12.1 Å². The molecular weight excluding hydrogens is 426 g/mol. The third kappa shape index (κ3) is 4.16. The summed E-state index contributed by atoms with van der Waals surface area (Å²) < 4.78 is 85.4. The summed E-state index contributed by atoms with van der Waals surface area (Å²) in [4.78, 5) is 15.9. The molecule has 2 aromatic heterocycles. The lowest BCUT2D eigenvalue weighted by atomic mass is 10.0. The van der Waals surface area contributed by atoms with E-state index in [1.54, 1.807) is 0 Å². The standard InChI is InChI=1S/C18H11ClF6N2O2/c1-9(11-4-2-3-5-12(11)17(20,21)22)29-16(28)14-15(18(23,24)25)26-13-7-6-10(19)8-27(13)14/h2-9H,1H3. The fourth-order valence-corrected chi connectivity index (χ4v) is 2.96. The summed E-state index contributed by atoms with van der Waals surface area (Å²) in [6.45, 7) is 1.13. The summed E-state index contributed by atoms with van der Waals surface area (Å²) in [5, 5.41) is 0.0214. The van der Waals surface area contributed by atoms with E-state index in [4.69, 9.17) is 16.3 Å². The molecule has 0 saturated heterocycles. The third-order valence-corrected chi connectivity index (χ3v) is 4.26. The second-order valence-corrected chi connectivity index (χ2v) is 6.45. The van der Waals surface area contributed by atoms with Crippen molar-refractivity contribution in [3.05, 3.63) is 70.1 Å². The number of nitrogens with zero attached hydrogens (tertiary/aromatic N) is 2. The zero-order chi connectivity index (χ0) is 21.6. The maximum atomic E-state index is 13.4. The number of fused-ring (bicyclic) bond motifs is 1. The van der Waals surface area contributed by atoms with E-state index in [0.717, 1.165) is 41.8 Å². The van der Waals surface area contributed by atoms with Crippen molar-refractivity contribution in [2.75, 3.05) is 0 Å². The minimum Gasteiger partial charge on any atom is -0.453 e. The molecule has 0 bridgehead atoms. The van der Waals surface area contributed by atoms with E-state index in [1.807, 2.05) is 0 Å². The molecule has 29 heavy (non-hydrogen) atoms. The van der Waals surface area contributed by atoms with Gasteiger partial charge in [0.1, 0.15) is 11.8 Å². The normalized spacial score (nSPS) is 13.5. The Bertz CT molecular complexity index is 1070. The fourth-order valence-electron chi connectivity index (χ4n) is 2.80. The first-order valence-corrected chi connectivity index (χ1v) is 8.39. The number of aromatic nitrogens is 2. The molecule has 0 N–H and O–H groups in total. The van der Waals surface area contributed by atoms with Gasteiger partial charge in [0.05, 0.1) is 10.6 Å². The van der Waals surface area contributed by atoms with Gasteiger partial charge in [0.2, 0.25) is 0 Å². The van der Waals surface area contributed by atoms with Crippen LogP contribution in [0, 0.1) is 0 Å². The van der Waals surface area contributed by atoms with E-state index >= 15 is 0 Å². The van der Waals surface area contributed by atoms with Gasteiger partial charge in [0, 0.05) is 11.8 Å². The Morgan fingerprint density at radius 1 is 1.07 bits per heavy atom. The molecule has 0 aliphatic rings. The Kier molecular flexibility index (Phi) is 5.24. The van der Waals surface area contributed by atoms with Crippen molar-refractivity contribution in [3.8, 4) is 0 Å². The number of hydrogen-bond acceptors (Lipinski definition) is 3. The summed E-state index contributed by atoms with van der Waals surface area (Å²) in [5.41, 5.74) is -4.18.